The highest BCUT2D eigenvalue weighted by Crippen LogP contribution is 2.47. The van der Waals surface area contributed by atoms with Gasteiger partial charge in [-0.25, -0.2) is 10.1 Å². The lowest BCUT2D eigenvalue weighted by Gasteiger charge is -2.21. The van der Waals surface area contributed by atoms with Crippen LogP contribution in [0.15, 0.2) is 0 Å². The number of hydrogen-bond donors (Lipinski definition) is 1. The van der Waals surface area contributed by atoms with Crippen LogP contribution in [-0.4, -0.2) is 30.9 Å². The molecule has 1 N–H and O–H groups in total. The third kappa shape index (κ3) is 13.8. The third-order valence-corrected chi connectivity index (χ3v) is 6.61. The maximum Gasteiger partial charge on any atom is 0.0853 e. The van der Waals surface area contributed by atoms with E-state index in [0.29, 0.717) is 12.3 Å². The Kier molecular flexibility index (Phi) is 14.8. The molecule has 0 fully saturated rings. The predicted octanol–water partition coefficient (Wildman–Crippen LogP) is 6.10. The normalized spacial score (nSPS) is 13.5. The monoisotopic (exact) mass is 336 g/mol. The zero-order valence-corrected chi connectivity index (χ0v) is 15.8. The van der Waals surface area contributed by atoms with Crippen LogP contribution in [0.2, 0.25) is 0 Å². The highest BCUT2D eigenvalue weighted by atomic mass is 31.2. The molecular formula is C17H37O4P. The van der Waals surface area contributed by atoms with Crippen LogP contribution in [0.25, 0.3) is 0 Å². The first kappa shape index (κ1) is 22.1. The topological polar surface area (TPSA) is 55.8 Å². The molecule has 0 aromatic rings. The summed E-state index contributed by atoms with van der Waals surface area (Å²) >= 11 is 0. The average molecular weight is 336 g/mol. The van der Waals surface area contributed by atoms with E-state index in [9.17, 15) is 4.57 Å². The van der Waals surface area contributed by atoms with E-state index in [0.717, 1.165) is 32.1 Å². The van der Waals surface area contributed by atoms with Gasteiger partial charge < -0.3 is 4.57 Å². The molecule has 5 heteroatoms. The summed E-state index contributed by atoms with van der Waals surface area (Å²) < 4.78 is 12.4. The van der Waals surface area contributed by atoms with Crippen LogP contribution in [0, 0.1) is 0 Å². The van der Waals surface area contributed by atoms with E-state index in [-0.39, 0.29) is 0 Å². The average Bonchev–Trinajstić information content (AvgIpc) is 2.46. The molecule has 0 aromatic heterocycles. The lowest BCUT2D eigenvalue weighted by atomic mass is 10.0. The minimum atomic E-state index is -2.00. The van der Waals surface area contributed by atoms with Crippen LogP contribution in [-0.2, 0) is 14.5 Å². The molecule has 0 saturated heterocycles. The molecule has 0 aliphatic carbocycles. The van der Waals surface area contributed by atoms with Crippen molar-refractivity contribution in [1.82, 2.24) is 0 Å². The van der Waals surface area contributed by atoms with Gasteiger partial charge in [-0.2, -0.15) is 0 Å². The SMILES string of the molecule is CCCCCCCCCC(CCCCCOOO)P(C)(C)=O. The lowest BCUT2D eigenvalue weighted by molar-refractivity contribution is -0.490. The van der Waals surface area contributed by atoms with E-state index in [2.05, 4.69) is 16.8 Å². The van der Waals surface area contributed by atoms with Crippen molar-refractivity contribution in [2.75, 3.05) is 19.9 Å². The molecule has 1 unspecified atom stereocenters. The Balaban J connectivity index is 3.74. The van der Waals surface area contributed by atoms with Gasteiger partial charge in [0.15, 0.2) is 0 Å². The van der Waals surface area contributed by atoms with Gasteiger partial charge in [0, 0.05) is 5.66 Å². The highest BCUT2D eigenvalue weighted by molar-refractivity contribution is 7.63. The van der Waals surface area contributed by atoms with Crippen LogP contribution in [0.4, 0.5) is 0 Å². The molecule has 0 aromatic carbocycles. The van der Waals surface area contributed by atoms with Gasteiger partial charge in [-0.1, -0.05) is 69.7 Å². The summed E-state index contributed by atoms with van der Waals surface area (Å²) in [7, 11) is -2.00. The van der Waals surface area contributed by atoms with Crippen molar-refractivity contribution in [1.29, 1.82) is 0 Å². The molecule has 0 bridgehead atoms. The Morgan fingerprint density at radius 2 is 1.36 bits per heavy atom. The summed E-state index contributed by atoms with van der Waals surface area (Å²) in [6, 6.07) is 0. The number of unbranched alkanes of at least 4 members (excludes halogenated alkanes) is 8. The van der Waals surface area contributed by atoms with Crippen LogP contribution < -0.4 is 0 Å². The number of hydrogen-bond acceptors (Lipinski definition) is 4. The predicted molar refractivity (Wildman–Crippen MR) is 94.0 cm³/mol. The van der Waals surface area contributed by atoms with E-state index in [1.54, 1.807) is 0 Å². The van der Waals surface area contributed by atoms with E-state index >= 15 is 0 Å². The quantitative estimate of drug-likeness (QED) is 0.160. The van der Waals surface area contributed by atoms with Gasteiger partial charge >= 0.3 is 0 Å². The minimum Gasteiger partial charge on any atom is -0.324 e. The fourth-order valence-corrected chi connectivity index (χ4v) is 4.47. The Hall–Kier alpha value is 0.110. The first-order chi connectivity index (χ1) is 10.5. The molecule has 0 heterocycles. The van der Waals surface area contributed by atoms with Crippen molar-refractivity contribution >= 4 is 7.14 Å². The van der Waals surface area contributed by atoms with Crippen molar-refractivity contribution in [2.24, 2.45) is 0 Å². The summed E-state index contributed by atoms with van der Waals surface area (Å²) in [6.45, 7) is 6.52. The molecular weight excluding hydrogens is 299 g/mol. The second-order valence-electron chi connectivity index (χ2n) is 6.74. The largest absolute Gasteiger partial charge is 0.324 e. The Morgan fingerprint density at radius 1 is 0.864 bits per heavy atom. The van der Waals surface area contributed by atoms with E-state index in [4.69, 9.17) is 5.26 Å². The summed E-state index contributed by atoms with van der Waals surface area (Å²) in [5.41, 5.74) is 0.373. The van der Waals surface area contributed by atoms with E-state index in [1.165, 1.54) is 44.9 Å². The lowest BCUT2D eigenvalue weighted by Crippen LogP contribution is -2.08. The zero-order chi connectivity index (χ0) is 16.7. The van der Waals surface area contributed by atoms with Crippen molar-refractivity contribution in [3.05, 3.63) is 0 Å². The molecule has 0 saturated carbocycles. The first-order valence-corrected chi connectivity index (χ1v) is 11.7. The molecule has 0 spiro atoms. The Morgan fingerprint density at radius 3 is 1.86 bits per heavy atom. The molecule has 4 nitrogen and oxygen atoms in total. The second-order valence-corrected chi connectivity index (χ2v) is 10.3. The fourth-order valence-electron chi connectivity index (χ4n) is 2.86. The Bertz CT molecular complexity index is 278. The van der Waals surface area contributed by atoms with Gasteiger partial charge in [-0.15, -0.1) is 0 Å². The molecule has 0 rings (SSSR count). The highest BCUT2D eigenvalue weighted by Gasteiger charge is 2.21. The summed E-state index contributed by atoms with van der Waals surface area (Å²) in [4.78, 5) is 4.43. The van der Waals surface area contributed by atoms with Crippen molar-refractivity contribution < 1.29 is 19.7 Å². The van der Waals surface area contributed by atoms with Crippen LogP contribution in [0.5, 0.6) is 0 Å². The van der Waals surface area contributed by atoms with Gasteiger partial charge in [0.1, 0.15) is 0 Å². The van der Waals surface area contributed by atoms with Gasteiger partial charge in [-0.05, 0) is 32.6 Å². The summed E-state index contributed by atoms with van der Waals surface area (Å²) in [5.74, 6) is 0. The van der Waals surface area contributed by atoms with E-state index < -0.39 is 7.14 Å². The molecule has 0 amide bonds. The molecule has 0 aliphatic heterocycles. The standard InChI is InChI=1S/C17H37O4P/c1-4-5-6-7-8-9-11-14-17(22(2,3)19)15-12-10-13-16-20-21-18/h17-18H,4-16H2,1-3H3. The van der Waals surface area contributed by atoms with Gasteiger partial charge in [0.2, 0.25) is 0 Å². The molecule has 0 aliphatic rings. The molecule has 22 heavy (non-hydrogen) atoms. The molecule has 1 atom stereocenters. The fraction of sp³-hybridized carbons (Fsp3) is 1.00. The van der Waals surface area contributed by atoms with E-state index in [1.807, 2.05) is 13.3 Å². The van der Waals surface area contributed by atoms with Crippen LogP contribution in [0.3, 0.4) is 0 Å². The minimum absolute atomic E-state index is 0.373. The van der Waals surface area contributed by atoms with Gasteiger partial charge in [-0.3, -0.25) is 0 Å². The maximum atomic E-state index is 12.4. The molecule has 134 valence electrons. The summed E-state index contributed by atoms with van der Waals surface area (Å²) in [5, 5.41) is 11.6. The third-order valence-electron chi connectivity index (χ3n) is 4.34. The van der Waals surface area contributed by atoms with Gasteiger partial charge in [0.25, 0.3) is 0 Å². The molecule has 0 radical (unpaired) electrons. The second kappa shape index (κ2) is 14.7. The van der Waals surface area contributed by atoms with Crippen molar-refractivity contribution in [3.8, 4) is 0 Å². The first-order valence-electron chi connectivity index (χ1n) is 9.00. The zero-order valence-electron chi connectivity index (χ0n) is 14.9. The van der Waals surface area contributed by atoms with Crippen molar-refractivity contribution in [3.63, 3.8) is 0 Å². The maximum absolute atomic E-state index is 12.4. The van der Waals surface area contributed by atoms with Crippen LogP contribution in [0.1, 0.15) is 84.0 Å². The summed E-state index contributed by atoms with van der Waals surface area (Å²) in [6.07, 6.45) is 14.3. The van der Waals surface area contributed by atoms with Gasteiger partial charge in [0.05, 0.1) is 13.7 Å². The Labute approximate surface area is 137 Å². The number of rotatable bonds is 16. The van der Waals surface area contributed by atoms with Crippen LogP contribution >= 0.6 is 7.14 Å². The van der Waals surface area contributed by atoms with Crippen molar-refractivity contribution in [2.45, 2.75) is 89.6 Å². The smallest absolute Gasteiger partial charge is 0.0853 e.